The van der Waals surface area contributed by atoms with Crippen molar-refractivity contribution in [3.63, 3.8) is 0 Å². The lowest BCUT2D eigenvalue weighted by Gasteiger charge is -2.17. The van der Waals surface area contributed by atoms with Crippen molar-refractivity contribution in [3.05, 3.63) is 64.2 Å². The van der Waals surface area contributed by atoms with Gasteiger partial charge in [0, 0.05) is 5.92 Å². The number of nitrogens with two attached hydrogens (primary N) is 1. The SMILES string of the molecule is CCOc1ccc(C(CN)Cc2cccc(C)c2)cc1Cl. The standard InChI is InChI=1S/C18H22ClNO/c1-3-21-18-8-7-15(11-17(18)19)16(12-20)10-14-6-4-5-13(2)9-14/h4-9,11,16H,3,10,12,20H2,1-2H3. The van der Waals surface area contributed by atoms with E-state index in [1.165, 1.54) is 11.1 Å². The summed E-state index contributed by atoms with van der Waals surface area (Å²) in [6.07, 6.45) is 0.919. The molecule has 2 N–H and O–H groups in total. The smallest absolute Gasteiger partial charge is 0.137 e. The Morgan fingerprint density at radius 1 is 1.19 bits per heavy atom. The van der Waals surface area contributed by atoms with E-state index in [2.05, 4.69) is 37.3 Å². The zero-order valence-corrected chi connectivity index (χ0v) is 13.4. The lowest BCUT2D eigenvalue weighted by molar-refractivity contribution is 0.340. The lowest BCUT2D eigenvalue weighted by Crippen LogP contribution is -2.15. The molecule has 2 aromatic carbocycles. The van der Waals surface area contributed by atoms with Gasteiger partial charge in [0.05, 0.1) is 11.6 Å². The number of hydrogen-bond acceptors (Lipinski definition) is 2. The largest absolute Gasteiger partial charge is 0.492 e. The predicted molar refractivity (Wildman–Crippen MR) is 89.3 cm³/mol. The molecule has 21 heavy (non-hydrogen) atoms. The van der Waals surface area contributed by atoms with Crippen LogP contribution in [0.15, 0.2) is 42.5 Å². The summed E-state index contributed by atoms with van der Waals surface area (Å²) in [7, 11) is 0. The third kappa shape index (κ3) is 4.23. The normalized spacial score (nSPS) is 12.2. The Hall–Kier alpha value is -1.51. The summed E-state index contributed by atoms with van der Waals surface area (Å²) in [5, 5.41) is 0.650. The van der Waals surface area contributed by atoms with Gasteiger partial charge in [-0.1, -0.05) is 47.5 Å². The van der Waals surface area contributed by atoms with E-state index in [1.807, 2.05) is 19.1 Å². The molecule has 0 aliphatic heterocycles. The van der Waals surface area contributed by atoms with Crippen molar-refractivity contribution in [2.75, 3.05) is 13.2 Å². The highest BCUT2D eigenvalue weighted by Gasteiger charge is 2.13. The molecule has 0 fully saturated rings. The van der Waals surface area contributed by atoms with Crippen LogP contribution in [0.3, 0.4) is 0 Å². The first-order valence-electron chi connectivity index (χ1n) is 7.32. The quantitative estimate of drug-likeness (QED) is 0.862. The van der Waals surface area contributed by atoms with Gasteiger partial charge in [-0.2, -0.15) is 0 Å². The molecule has 3 heteroatoms. The zero-order chi connectivity index (χ0) is 15.2. The number of benzene rings is 2. The monoisotopic (exact) mass is 303 g/mol. The van der Waals surface area contributed by atoms with Gasteiger partial charge in [0.25, 0.3) is 0 Å². The minimum atomic E-state index is 0.264. The van der Waals surface area contributed by atoms with Crippen LogP contribution in [0.1, 0.15) is 29.5 Å². The van der Waals surface area contributed by atoms with Gasteiger partial charge in [0.1, 0.15) is 5.75 Å². The first-order valence-corrected chi connectivity index (χ1v) is 7.69. The van der Waals surface area contributed by atoms with Gasteiger partial charge >= 0.3 is 0 Å². The molecule has 1 unspecified atom stereocenters. The number of aryl methyl sites for hydroxylation is 1. The van der Waals surface area contributed by atoms with Crippen LogP contribution in [0.5, 0.6) is 5.75 Å². The Bertz CT molecular complexity index is 598. The first kappa shape index (κ1) is 15.9. The molecule has 1 atom stereocenters. The number of rotatable bonds is 6. The highest BCUT2D eigenvalue weighted by Crippen LogP contribution is 2.30. The van der Waals surface area contributed by atoms with Crippen molar-refractivity contribution in [2.45, 2.75) is 26.2 Å². The van der Waals surface area contributed by atoms with Crippen LogP contribution >= 0.6 is 11.6 Å². The van der Waals surface area contributed by atoms with E-state index in [-0.39, 0.29) is 5.92 Å². The second-order valence-corrected chi connectivity index (χ2v) is 5.66. The van der Waals surface area contributed by atoms with Crippen LogP contribution in [-0.4, -0.2) is 13.2 Å². The van der Waals surface area contributed by atoms with Crippen LogP contribution < -0.4 is 10.5 Å². The molecule has 0 spiro atoms. The van der Waals surface area contributed by atoms with Gasteiger partial charge in [-0.05, 0) is 50.1 Å². The van der Waals surface area contributed by atoms with Crippen LogP contribution in [0, 0.1) is 6.92 Å². The van der Waals surface area contributed by atoms with Gasteiger partial charge in [0.2, 0.25) is 0 Å². The number of halogens is 1. The van der Waals surface area contributed by atoms with E-state index in [1.54, 1.807) is 0 Å². The molecule has 2 rings (SSSR count). The van der Waals surface area contributed by atoms with Crippen LogP contribution in [0.25, 0.3) is 0 Å². The van der Waals surface area contributed by atoms with E-state index >= 15 is 0 Å². The molecule has 0 bridgehead atoms. The van der Waals surface area contributed by atoms with Gasteiger partial charge in [-0.25, -0.2) is 0 Å². The fraction of sp³-hybridized carbons (Fsp3) is 0.333. The van der Waals surface area contributed by atoms with Crippen molar-refractivity contribution in [1.29, 1.82) is 0 Å². The summed E-state index contributed by atoms with van der Waals surface area (Å²) in [4.78, 5) is 0. The predicted octanol–water partition coefficient (Wildman–Crippen LogP) is 4.33. The molecule has 0 heterocycles. The maximum atomic E-state index is 6.27. The molecule has 0 saturated carbocycles. The van der Waals surface area contributed by atoms with E-state index in [4.69, 9.17) is 22.1 Å². The van der Waals surface area contributed by atoms with E-state index in [0.29, 0.717) is 18.2 Å². The van der Waals surface area contributed by atoms with Gasteiger partial charge < -0.3 is 10.5 Å². The zero-order valence-electron chi connectivity index (χ0n) is 12.6. The Balaban J connectivity index is 2.19. The average molecular weight is 304 g/mol. The topological polar surface area (TPSA) is 35.2 Å². The van der Waals surface area contributed by atoms with E-state index < -0.39 is 0 Å². The fourth-order valence-corrected chi connectivity index (χ4v) is 2.75. The summed E-state index contributed by atoms with van der Waals surface area (Å²) in [5.74, 6) is 0.995. The molecule has 2 aromatic rings. The minimum absolute atomic E-state index is 0.264. The van der Waals surface area contributed by atoms with Crippen molar-refractivity contribution in [3.8, 4) is 5.75 Å². The molecule has 112 valence electrons. The average Bonchev–Trinajstić information content (AvgIpc) is 2.47. The summed E-state index contributed by atoms with van der Waals surface area (Å²) in [6, 6.07) is 14.5. The van der Waals surface area contributed by atoms with Crippen LogP contribution in [-0.2, 0) is 6.42 Å². The molecule has 0 amide bonds. The van der Waals surface area contributed by atoms with E-state index in [9.17, 15) is 0 Å². The minimum Gasteiger partial charge on any atom is -0.492 e. The molecule has 0 radical (unpaired) electrons. The highest BCUT2D eigenvalue weighted by atomic mass is 35.5. The maximum absolute atomic E-state index is 6.27. The summed E-state index contributed by atoms with van der Waals surface area (Å²) in [5.41, 5.74) is 9.70. The molecule has 0 aliphatic rings. The summed E-state index contributed by atoms with van der Waals surface area (Å²) < 4.78 is 5.48. The van der Waals surface area contributed by atoms with Gasteiger partial charge in [-0.3, -0.25) is 0 Å². The second kappa shape index (κ2) is 7.48. The second-order valence-electron chi connectivity index (χ2n) is 5.25. The van der Waals surface area contributed by atoms with Crippen molar-refractivity contribution >= 4 is 11.6 Å². The first-order chi connectivity index (χ1) is 10.1. The van der Waals surface area contributed by atoms with Gasteiger partial charge in [0.15, 0.2) is 0 Å². The number of ether oxygens (including phenoxy) is 1. The molecular weight excluding hydrogens is 282 g/mol. The third-order valence-corrected chi connectivity index (χ3v) is 3.87. The summed E-state index contributed by atoms with van der Waals surface area (Å²) >= 11 is 6.27. The van der Waals surface area contributed by atoms with Crippen LogP contribution in [0.2, 0.25) is 5.02 Å². The highest BCUT2D eigenvalue weighted by molar-refractivity contribution is 6.32. The lowest BCUT2D eigenvalue weighted by atomic mass is 9.91. The Kier molecular flexibility index (Phi) is 5.66. The van der Waals surface area contributed by atoms with Crippen LogP contribution in [0.4, 0.5) is 0 Å². The van der Waals surface area contributed by atoms with Crippen molar-refractivity contribution < 1.29 is 4.74 Å². The molecular formula is C18H22ClNO. The number of hydrogen-bond donors (Lipinski definition) is 1. The third-order valence-electron chi connectivity index (χ3n) is 3.58. The van der Waals surface area contributed by atoms with E-state index in [0.717, 1.165) is 17.7 Å². The Morgan fingerprint density at radius 2 is 2.00 bits per heavy atom. The van der Waals surface area contributed by atoms with Gasteiger partial charge in [-0.15, -0.1) is 0 Å². The van der Waals surface area contributed by atoms with Crippen molar-refractivity contribution in [2.24, 2.45) is 5.73 Å². The maximum Gasteiger partial charge on any atom is 0.137 e. The molecule has 2 nitrogen and oxygen atoms in total. The molecule has 0 aliphatic carbocycles. The molecule has 0 aromatic heterocycles. The Labute approximate surface area is 131 Å². The summed E-state index contributed by atoms with van der Waals surface area (Å²) in [6.45, 7) is 5.26. The molecule has 0 saturated heterocycles. The van der Waals surface area contributed by atoms with Crippen molar-refractivity contribution in [1.82, 2.24) is 0 Å². The Morgan fingerprint density at radius 3 is 2.62 bits per heavy atom. The fourth-order valence-electron chi connectivity index (χ4n) is 2.50.